The van der Waals surface area contributed by atoms with Crippen molar-refractivity contribution in [2.75, 3.05) is 6.61 Å². The van der Waals surface area contributed by atoms with E-state index < -0.39 is 5.97 Å². The molecule has 3 nitrogen and oxygen atoms in total. The number of hydrogen-bond acceptors (Lipinski definition) is 2. The SMILES string of the molecule is CCCCCCCCCOc1ccc(-c2ccccc2C(CCCCC)CCC(=O)O)cc1F. The normalized spacial score (nSPS) is 12.0. The number of unbranched alkanes of at least 4 members (excludes halogenated alkanes) is 8. The number of benzene rings is 2. The summed E-state index contributed by atoms with van der Waals surface area (Å²) in [6.45, 7) is 4.92. The molecule has 2 rings (SSSR count). The molecular weight excluding hydrogens is 427 g/mol. The molecule has 2 aromatic carbocycles. The Balaban J connectivity index is 2.04. The summed E-state index contributed by atoms with van der Waals surface area (Å²) in [5.74, 6) is -0.664. The molecule has 1 atom stereocenters. The zero-order valence-corrected chi connectivity index (χ0v) is 21.2. The molecule has 0 aliphatic heterocycles. The largest absolute Gasteiger partial charge is 0.491 e. The van der Waals surface area contributed by atoms with Crippen molar-refractivity contribution in [1.82, 2.24) is 0 Å². The van der Waals surface area contributed by atoms with Crippen molar-refractivity contribution in [2.24, 2.45) is 0 Å². The van der Waals surface area contributed by atoms with E-state index in [2.05, 4.69) is 19.9 Å². The standard InChI is InChI=1S/C30H43FO3/c1-3-5-7-8-9-10-14-22-34-29-20-18-25(23-28(29)31)27-17-13-12-16-26(27)24(15-11-6-4-2)19-21-30(32)33/h12-13,16-18,20,23-24H,3-11,14-15,19,21-22H2,1-2H3,(H,32,33). The van der Waals surface area contributed by atoms with Gasteiger partial charge in [0.1, 0.15) is 0 Å². The van der Waals surface area contributed by atoms with E-state index in [-0.39, 0.29) is 18.2 Å². The number of carboxylic acids is 1. The Morgan fingerprint density at radius 3 is 2.26 bits per heavy atom. The van der Waals surface area contributed by atoms with E-state index in [1.54, 1.807) is 12.1 Å². The highest BCUT2D eigenvalue weighted by atomic mass is 19.1. The number of aliphatic carboxylic acids is 1. The first-order chi connectivity index (χ1) is 16.6. The lowest BCUT2D eigenvalue weighted by Crippen LogP contribution is -2.05. The molecule has 0 fully saturated rings. The van der Waals surface area contributed by atoms with E-state index in [9.17, 15) is 14.3 Å². The van der Waals surface area contributed by atoms with Crippen LogP contribution in [0.3, 0.4) is 0 Å². The number of hydrogen-bond donors (Lipinski definition) is 1. The molecule has 34 heavy (non-hydrogen) atoms. The predicted octanol–water partition coefficient (Wildman–Crippen LogP) is 9.15. The first-order valence-electron chi connectivity index (χ1n) is 13.3. The van der Waals surface area contributed by atoms with E-state index >= 15 is 0 Å². The maximum absolute atomic E-state index is 14.9. The molecule has 0 aromatic heterocycles. The zero-order chi connectivity index (χ0) is 24.6. The monoisotopic (exact) mass is 470 g/mol. The van der Waals surface area contributed by atoms with Crippen LogP contribution in [0.4, 0.5) is 4.39 Å². The molecule has 0 heterocycles. The van der Waals surface area contributed by atoms with Crippen molar-refractivity contribution in [3.05, 3.63) is 53.8 Å². The fourth-order valence-corrected chi connectivity index (χ4v) is 4.54. The van der Waals surface area contributed by atoms with Crippen molar-refractivity contribution in [1.29, 1.82) is 0 Å². The first kappa shape index (κ1) is 27.9. The summed E-state index contributed by atoms with van der Waals surface area (Å²) < 4.78 is 20.6. The van der Waals surface area contributed by atoms with Crippen LogP contribution in [0.5, 0.6) is 5.75 Å². The molecule has 0 spiro atoms. The van der Waals surface area contributed by atoms with E-state index in [0.29, 0.717) is 18.8 Å². The summed E-state index contributed by atoms with van der Waals surface area (Å²) in [5.41, 5.74) is 2.90. The molecule has 0 aliphatic rings. The minimum absolute atomic E-state index is 0.144. The molecule has 0 aliphatic carbocycles. The van der Waals surface area contributed by atoms with E-state index in [0.717, 1.165) is 55.2 Å². The zero-order valence-electron chi connectivity index (χ0n) is 21.2. The summed E-state index contributed by atoms with van der Waals surface area (Å²) in [4.78, 5) is 11.2. The van der Waals surface area contributed by atoms with Crippen molar-refractivity contribution in [3.63, 3.8) is 0 Å². The molecule has 4 heteroatoms. The Labute approximate surface area is 205 Å². The Morgan fingerprint density at radius 2 is 1.56 bits per heavy atom. The second kappa shape index (κ2) is 16.3. The third-order valence-electron chi connectivity index (χ3n) is 6.51. The molecule has 0 radical (unpaired) electrons. The topological polar surface area (TPSA) is 46.5 Å². The lowest BCUT2D eigenvalue weighted by Gasteiger charge is -2.21. The summed E-state index contributed by atoms with van der Waals surface area (Å²) in [7, 11) is 0. The van der Waals surface area contributed by atoms with Crippen LogP contribution in [-0.2, 0) is 4.79 Å². The maximum Gasteiger partial charge on any atom is 0.303 e. The van der Waals surface area contributed by atoms with Crippen LogP contribution in [0.15, 0.2) is 42.5 Å². The van der Waals surface area contributed by atoms with Crippen molar-refractivity contribution >= 4 is 5.97 Å². The van der Waals surface area contributed by atoms with Gasteiger partial charge in [-0.3, -0.25) is 4.79 Å². The molecule has 0 amide bonds. The summed E-state index contributed by atoms with van der Waals surface area (Å²) in [6.07, 6.45) is 13.4. The van der Waals surface area contributed by atoms with Crippen LogP contribution in [0.2, 0.25) is 0 Å². The van der Waals surface area contributed by atoms with Gasteiger partial charge in [0.15, 0.2) is 11.6 Å². The minimum atomic E-state index is -0.772. The molecule has 2 aromatic rings. The average molecular weight is 471 g/mol. The van der Waals surface area contributed by atoms with Crippen LogP contribution < -0.4 is 4.74 Å². The van der Waals surface area contributed by atoms with Crippen LogP contribution in [0.25, 0.3) is 11.1 Å². The third kappa shape index (κ3) is 9.87. The van der Waals surface area contributed by atoms with Gasteiger partial charge in [0.2, 0.25) is 0 Å². The lowest BCUT2D eigenvalue weighted by atomic mass is 9.84. The van der Waals surface area contributed by atoms with E-state index in [4.69, 9.17) is 4.74 Å². The molecule has 188 valence electrons. The molecule has 0 saturated heterocycles. The Kier molecular flexibility index (Phi) is 13.4. The highest BCUT2D eigenvalue weighted by molar-refractivity contribution is 5.70. The number of carboxylic acid groups (broad SMARTS) is 1. The van der Waals surface area contributed by atoms with Crippen molar-refractivity contribution in [3.8, 4) is 16.9 Å². The summed E-state index contributed by atoms with van der Waals surface area (Å²) in [6, 6.07) is 13.2. The van der Waals surface area contributed by atoms with Crippen LogP contribution in [-0.4, -0.2) is 17.7 Å². The first-order valence-corrected chi connectivity index (χ1v) is 13.3. The Bertz CT molecular complexity index is 849. The van der Waals surface area contributed by atoms with E-state index in [1.807, 2.05) is 24.3 Å². The van der Waals surface area contributed by atoms with Gasteiger partial charge in [0.05, 0.1) is 6.61 Å². The van der Waals surface area contributed by atoms with Gasteiger partial charge in [-0.15, -0.1) is 0 Å². The predicted molar refractivity (Wildman–Crippen MR) is 139 cm³/mol. The van der Waals surface area contributed by atoms with Crippen molar-refractivity contribution in [2.45, 2.75) is 103 Å². The maximum atomic E-state index is 14.9. The lowest BCUT2D eigenvalue weighted by molar-refractivity contribution is -0.137. The van der Waals surface area contributed by atoms with Crippen LogP contribution in [0.1, 0.15) is 109 Å². The summed E-state index contributed by atoms with van der Waals surface area (Å²) in [5, 5.41) is 9.22. The van der Waals surface area contributed by atoms with Crippen LogP contribution in [0, 0.1) is 5.82 Å². The fourth-order valence-electron chi connectivity index (χ4n) is 4.54. The highest BCUT2D eigenvalue weighted by Gasteiger charge is 2.18. The molecule has 1 unspecified atom stereocenters. The molecular formula is C30H43FO3. The molecule has 0 bridgehead atoms. The van der Waals surface area contributed by atoms with Gasteiger partial charge in [0.25, 0.3) is 0 Å². The van der Waals surface area contributed by atoms with Crippen molar-refractivity contribution < 1.29 is 19.0 Å². The minimum Gasteiger partial charge on any atom is -0.491 e. The Hall–Kier alpha value is -2.36. The van der Waals surface area contributed by atoms with Crippen LogP contribution >= 0.6 is 0 Å². The third-order valence-corrected chi connectivity index (χ3v) is 6.51. The number of rotatable bonds is 18. The second-order valence-electron chi connectivity index (χ2n) is 9.33. The van der Waals surface area contributed by atoms with Gasteiger partial charge in [-0.05, 0) is 54.0 Å². The van der Waals surface area contributed by atoms with Gasteiger partial charge in [-0.2, -0.15) is 0 Å². The number of halogens is 1. The number of carbonyl (C=O) groups is 1. The van der Waals surface area contributed by atoms with Gasteiger partial charge in [-0.25, -0.2) is 4.39 Å². The van der Waals surface area contributed by atoms with E-state index in [1.165, 1.54) is 32.1 Å². The number of ether oxygens (including phenoxy) is 1. The fraction of sp³-hybridized carbons (Fsp3) is 0.567. The van der Waals surface area contributed by atoms with Gasteiger partial charge in [0, 0.05) is 6.42 Å². The quantitative estimate of drug-likeness (QED) is 0.221. The highest BCUT2D eigenvalue weighted by Crippen LogP contribution is 2.36. The Morgan fingerprint density at radius 1 is 0.882 bits per heavy atom. The smallest absolute Gasteiger partial charge is 0.303 e. The summed E-state index contributed by atoms with van der Waals surface area (Å²) >= 11 is 0. The van der Waals surface area contributed by atoms with Gasteiger partial charge < -0.3 is 9.84 Å². The second-order valence-corrected chi connectivity index (χ2v) is 9.33. The van der Waals surface area contributed by atoms with Gasteiger partial charge >= 0.3 is 5.97 Å². The molecule has 1 N–H and O–H groups in total. The average Bonchev–Trinajstić information content (AvgIpc) is 2.83. The van der Waals surface area contributed by atoms with Gasteiger partial charge in [-0.1, -0.05) is 102 Å². The molecule has 0 saturated carbocycles.